The Labute approximate surface area is 133 Å². The first kappa shape index (κ1) is 16.5. The monoisotopic (exact) mass is 316 g/mol. The van der Waals surface area contributed by atoms with Crippen LogP contribution < -0.4 is 15.4 Å². The lowest BCUT2D eigenvalue weighted by molar-refractivity contribution is -0.133. The van der Waals surface area contributed by atoms with Crippen LogP contribution in [0.5, 0.6) is 5.75 Å². The van der Waals surface area contributed by atoms with E-state index in [0.29, 0.717) is 17.1 Å². The molecule has 0 saturated heterocycles. The van der Waals surface area contributed by atoms with E-state index in [9.17, 15) is 14.0 Å². The number of hydrogen-bond donors (Lipinski definition) is 2. The van der Waals surface area contributed by atoms with Gasteiger partial charge in [0.1, 0.15) is 11.6 Å². The normalized spacial score (nSPS) is 10.3. The number of nitrogens with one attached hydrogen (secondary N) is 2. The molecule has 0 aliphatic heterocycles. The molecule has 2 amide bonds. The molecule has 2 aromatic rings. The molecule has 5 nitrogen and oxygen atoms in total. The third-order valence-electron chi connectivity index (χ3n) is 2.81. The Hall–Kier alpha value is -2.89. The van der Waals surface area contributed by atoms with Gasteiger partial charge in [0.2, 0.25) is 0 Å². The van der Waals surface area contributed by atoms with E-state index in [2.05, 4.69) is 10.6 Å². The predicted molar refractivity (Wildman–Crippen MR) is 85.9 cm³/mol. The molecule has 0 aromatic heterocycles. The Morgan fingerprint density at radius 3 is 2.22 bits per heavy atom. The van der Waals surface area contributed by atoms with Crippen molar-refractivity contribution in [3.8, 4) is 5.75 Å². The van der Waals surface area contributed by atoms with Crippen LogP contribution in [-0.2, 0) is 9.59 Å². The number of para-hydroxylation sites is 2. The maximum atomic E-state index is 12.8. The van der Waals surface area contributed by atoms with E-state index >= 15 is 0 Å². The topological polar surface area (TPSA) is 67.4 Å². The van der Waals surface area contributed by atoms with Gasteiger partial charge in [-0.2, -0.15) is 0 Å². The van der Waals surface area contributed by atoms with Crippen molar-refractivity contribution in [2.45, 2.75) is 20.0 Å². The van der Waals surface area contributed by atoms with Crippen molar-refractivity contribution < 1.29 is 18.7 Å². The van der Waals surface area contributed by atoms with Gasteiger partial charge in [-0.25, -0.2) is 4.39 Å². The van der Waals surface area contributed by atoms with Gasteiger partial charge >= 0.3 is 11.8 Å². The van der Waals surface area contributed by atoms with E-state index < -0.39 is 17.6 Å². The number of amides is 2. The first-order chi connectivity index (χ1) is 11.0. The van der Waals surface area contributed by atoms with Gasteiger partial charge in [0.25, 0.3) is 0 Å². The number of hydrogen-bond acceptors (Lipinski definition) is 3. The lowest BCUT2D eigenvalue weighted by atomic mass is 10.2. The van der Waals surface area contributed by atoms with Crippen molar-refractivity contribution in [3.63, 3.8) is 0 Å². The third kappa shape index (κ3) is 4.81. The second-order valence-corrected chi connectivity index (χ2v) is 5.08. The molecule has 2 rings (SSSR count). The molecule has 0 spiro atoms. The zero-order chi connectivity index (χ0) is 16.8. The van der Waals surface area contributed by atoms with Crippen LogP contribution in [0, 0.1) is 5.82 Å². The average molecular weight is 316 g/mol. The fourth-order valence-corrected chi connectivity index (χ4v) is 1.83. The summed E-state index contributed by atoms with van der Waals surface area (Å²) in [5.74, 6) is -1.64. The van der Waals surface area contributed by atoms with E-state index in [0.717, 1.165) is 0 Å². The summed E-state index contributed by atoms with van der Waals surface area (Å²) < 4.78 is 18.4. The summed E-state index contributed by atoms with van der Waals surface area (Å²) in [5.41, 5.74) is 0.735. The summed E-state index contributed by atoms with van der Waals surface area (Å²) in [5, 5.41) is 4.89. The fraction of sp³-hybridized carbons (Fsp3) is 0.176. The molecule has 0 aliphatic rings. The fourth-order valence-electron chi connectivity index (χ4n) is 1.83. The van der Waals surface area contributed by atoms with E-state index in [1.807, 2.05) is 13.8 Å². The molecule has 0 bridgehead atoms. The van der Waals surface area contributed by atoms with Crippen LogP contribution in [0.25, 0.3) is 0 Å². The van der Waals surface area contributed by atoms with Gasteiger partial charge in [-0.1, -0.05) is 12.1 Å². The molecule has 0 atom stereocenters. The highest BCUT2D eigenvalue weighted by Crippen LogP contribution is 2.24. The molecule has 6 heteroatoms. The van der Waals surface area contributed by atoms with Crippen LogP contribution >= 0.6 is 0 Å². The maximum Gasteiger partial charge on any atom is 0.314 e. The standard InChI is InChI=1S/C17H17FN2O3/c1-11(2)23-15-6-4-3-5-14(15)20-17(22)16(21)19-13-9-7-12(18)8-10-13/h3-11H,1-2H3,(H,19,21)(H,20,22). The predicted octanol–water partition coefficient (Wildman–Crippen LogP) is 3.19. The Kier molecular flexibility index (Phi) is 5.30. The molecule has 0 fully saturated rings. The number of ether oxygens (including phenoxy) is 1. The first-order valence-corrected chi connectivity index (χ1v) is 7.09. The van der Waals surface area contributed by atoms with Crippen LogP contribution in [0.15, 0.2) is 48.5 Å². The Morgan fingerprint density at radius 1 is 0.957 bits per heavy atom. The molecule has 0 saturated carbocycles. The van der Waals surface area contributed by atoms with Crippen molar-refractivity contribution in [2.24, 2.45) is 0 Å². The van der Waals surface area contributed by atoms with Crippen molar-refractivity contribution in [1.29, 1.82) is 0 Å². The maximum absolute atomic E-state index is 12.8. The van der Waals surface area contributed by atoms with E-state index in [4.69, 9.17) is 4.74 Å². The van der Waals surface area contributed by atoms with Gasteiger partial charge in [0, 0.05) is 5.69 Å². The lowest BCUT2D eigenvalue weighted by Gasteiger charge is -2.14. The molecule has 0 unspecified atom stereocenters. The minimum atomic E-state index is -0.851. The highest BCUT2D eigenvalue weighted by atomic mass is 19.1. The highest BCUT2D eigenvalue weighted by molar-refractivity contribution is 6.43. The zero-order valence-electron chi connectivity index (χ0n) is 12.8. The number of carbonyl (C=O) groups is 2. The van der Waals surface area contributed by atoms with E-state index in [1.165, 1.54) is 24.3 Å². The van der Waals surface area contributed by atoms with Gasteiger partial charge in [-0.15, -0.1) is 0 Å². The summed E-state index contributed by atoms with van der Waals surface area (Å²) in [6, 6.07) is 12.0. The van der Waals surface area contributed by atoms with Crippen molar-refractivity contribution in [2.75, 3.05) is 10.6 Å². The Balaban J connectivity index is 2.04. The SMILES string of the molecule is CC(C)Oc1ccccc1NC(=O)C(=O)Nc1ccc(F)cc1. The Bertz CT molecular complexity index is 699. The minimum absolute atomic E-state index is 0.0684. The van der Waals surface area contributed by atoms with E-state index in [-0.39, 0.29) is 6.10 Å². The number of benzene rings is 2. The van der Waals surface area contributed by atoms with Gasteiger partial charge in [-0.3, -0.25) is 9.59 Å². The molecule has 2 N–H and O–H groups in total. The summed E-state index contributed by atoms with van der Waals surface area (Å²) >= 11 is 0. The van der Waals surface area contributed by atoms with Crippen molar-refractivity contribution in [1.82, 2.24) is 0 Å². The molecular formula is C17H17FN2O3. The molecule has 120 valence electrons. The number of rotatable bonds is 4. The molecule has 0 heterocycles. The molecule has 0 radical (unpaired) electrons. The summed E-state index contributed by atoms with van der Waals surface area (Å²) in [4.78, 5) is 23.8. The van der Waals surface area contributed by atoms with Crippen molar-refractivity contribution in [3.05, 3.63) is 54.3 Å². The van der Waals surface area contributed by atoms with Gasteiger partial charge < -0.3 is 15.4 Å². The second kappa shape index (κ2) is 7.40. The number of anilines is 2. The van der Waals surface area contributed by atoms with Crippen LogP contribution in [-0.4, -0.2) is 17.9 Å². The highest BCUT2D eigenvalue weighted by Gasteiger charge is 2.16. The van der Waals surface area contributed by atoms with Crippen LogP contribution in [0.3, 0.4) is 0 Å². The third-order valence-corrected chi connectivity index (χ3v) is 2.81. The minimum Gasteiger partial charge on any atom is -0.489 e. The first-order valence-electron chi connectivity index (χ1n) is 7.09. The summed E-state index contributed by atoms with van der Waals surface area (Å²) in [6.07, 6.45) is -0.0684. The molecule has 2 aromatic carbocycles. The van der Waals surface area contributed by atoms with Crippen LogP contribution in [0.1, 0.15) is 13.8 Å². The number of carbonyl (C=O) groups excluding carboxylic acids is 2. The van der Waals surface area contributed by atoms with Crippen LogP contribution in [0.4, 0.5) is 15.8 Å². The lowest BCUT2D eigenvalue weighted by Crippen LogP contribution is -2.29. The number of halogens is 1. The summed E-state index contributed by atoms with van der Waals surface area (Å²) in [6.45, 7) is 3.72. The Morgan fingerprint density at radius 2 is 1.57 bits per heavy atom. The molecule has 0 aliphatic carbocycles. The second-order valence-electron chi connectivity index (χ2n) is 5.08. The van der Waals surface area contributed by atoms with E-state index in [1.54, 1.807) is 24.3 Å². The van der Waals surface area contributed by atoms with Gasteiger partial charge in [0.05, 0.1) is 11.8 Å². The summed E-state index contributed by atoms with van der Waals surface area (Å²) in [7, 11) is 0. The van der Waals surface area contributed by atoms with Gasteiger partial charge in [-0.05, 0) is 50.2 Å². The smallest absolute Gasteiger partial charge is 0.314 e. The molecule has 23 heavy (non-hydrogen) atoms. The van der Waals surface area contributed by atoms with Crippen molar-refractivity contribution >= 4 is 23.2 Å². The average Bonchev–Trinajstić information content (AvgIpc) is 2.51. The molecular weight excluding hydrogens is 299 g/mol. The van der Waals surface area contributed by atoms with Gasteiger partial charge in [0.15, 0.2) is 0 Å². The largest absolute Gasteiger partial charge is 0.489 e. The van der Waals surface area contributed by atoms with Crippen LogP contribution in [0.2, 0.25) is 0 Å². The zero-order valence-corrected chi connectivity index (χ0v) is 12.8. The quantitative estimate of drug-likeness (QED) is 0.851.